The summed E-state index contributed by atoms with van der Waals surface area (Å²) >= 11 is 0. The summed E-state index contributed by atoms with van der Waals surface area (Å²) in [5, 5.41) is 10.4. The van der Waals surface area contributed by atoms with Crippen LogP contribution in [-0.4, -0.2) is 35.2 Å². The molecule has 2 nitrogen and oxygen atoms in total. The Hall–Kier alpha value is -0.860. The third-order valence-corrected chi connectivity index (χ3v) is 5.21. The van der Waals surface area contributed by atoms with E-state index in [1.807, 2.05) is 0 Å². The Balaban J connectivity index is 1.70. The second-order valence-corrected chi connectivity index (χ2v) is 6.80. The first-order valence-corrected chi connectivity index (χ1v) is 8.21. The maximum absolute atomic E-state index is 10.4. The van der Waals surface area contributed by atoms with Crippen LogP contribution < -0.4 is 0 Å². The molecule has 0 radical (unpaired) electrons. The molecule has 20 heavy (non-hydrogen) atoms. The van der Waals surface area contributed by atoms with Gasteiger partial charge >= 0.3 is 0 Å². The van der Waals surface area contributed by atoms with E-state index in [2.05, 4.69) is 42.2 Å². The Morgan fingerprint density at radius 3 is 2.65 bits per heavy atom. The molecule has 2 heteroatoms. The van der Waals surface area contributed by atoms with E-state index in [1.54, 1.807) is 0 Å². The summed E-state index contributed by atoms with van der Waals surface area (Å²) in [5.74, 6) is 1.41. The largest absolute Gasteiger partial charge is 0.391 e. The minimum absolute atomic E-state index is 0.125. The van der Waals surface area contributed by atoms with Gasteiger partial charge in [0.05, 0.1) is 6.10 Å². The van der Waals surface area contributed by atoms with Crippen molar-refractivity contribution in [2.75, 3.05) is 13.1 Å². The van der Waals surface area contributed by atoms with Crippen molar-refractivity contribution in [2.24, 2.45) is 5.92 Å². The maximum atomic E-state index is 10.4. The normalized spacial score (nSPS) is 35.9. The highest BCUT2D eigenvalue weighted by molar-refractivity contribution is 5.20. The molecule has 1 N–H and O–H groups in total. The lowest BCUT2D eigenvalue weighted by molar-refractivity contribution is -0.00342. The van der Waals surface area contributed by atoms with Crippen molar-refractivity contribution in [3.8, 4) is 0 Å². The number of benzene rings is 1. The molecule has 1 aromatic carbocycles. The van der Waals surface area contributed by atoms with Gasteiger partial charge in [0.2, 0.25) is 0 Å². The van der Waals surface area contributed by atoms with E-state index in [-0.39, 0.29) is 6.10 Å². The van der Waals surface area contributed by atoms with Crippen molar-refractivity contribution in [2.45, 2.75) is 57.1 Å². The Morgan fingerprint density at radius 1 is 1.10 bits per heavy atom. The van der Waals surface area contributed by atoms with Crippen LogP contribution in [0.2, 0.25) is 0 Å². The lowest BCUT2D eigenvalue weighted by Gasteiger charge is -2.43. The van der Waals surface area contributed by atoms with Gasteiger partial charge in [0, 0.05) is 12.6 Å². The summed E-state index contributed by atoms with van der Waals surface area (Å²) in [5.41, 5.74) is 1.45. The van der Waals surface area contributed by atoms with Crippen molar-refractivity contribution >= 4 is 0 Å². The van der Waals surface area contributed by atoms with Crippen LogP contribution in [-0.2, 0) is 0 Å². The fourth-order valence-corrected chi connectivity index (χ4v) is 4.08. The first-order chi connectivity index (χ1) is 9.74. The Labute approximate surface area is 122 Å². The molecule has 1 aliphatic carbocycles. The first kappa shape index (κ1) is 14.1. The molecule has 0 spiro atoms. The van der Waals surface area contributed by atoms with Gasteiger partial charge in [0.1, 0.15) is 0 Å². The van der Waals surface area contributed by atoms with Crippen molar-refractivity contribution in [1.82, 2.24) is 4.90 Å². The number of aliphatic hydroxyl groups is 1. The predicted octanol–water partition coefficient (Wildman–Crippen LogP) is 3.42. The smallest absolute Gasteiger partial charge is 0.0695 e. The molecule has 4 atom stereocenters. The van der Waals surface area contributed by atoms with Crippen LogP contribution in [0.5, 0.6) is 0 Å². The maximum Gasteiger partial charge on any atom is 0.0695 e. The molecule has 1 saturated carbocycles. The molecule has 1 saturated heterocycles. The van der Waals surface area contributed by atoms with Crippen LogP contribution in [0, 0.1) is 5.92 Å². The second-order valence-electron chi connectivity index (χ2n) is 6.80. The molecule has 1 heterocycles. The summed E-state index contributed by atoms with van der Waals surface area (Å²) in [4.78, 5) is 2.56. The average Bonchev–Trinajstić information content (AvgIpc) is 2.48. The molecule has 110 valence electrons. The van der Waals surface area contributed by atoms with Gasteiger partial charge in [0.15, 0.2) is 0 Å². The molecular formula is C18H27NO. The number of rotatable bonds is 2. The zero-order valence-corrected chi connectivity index (χ0v) is 12.5. The van der Waals surface area contributed by atoms with E-state index in [9.17, 15) is 5.11 Å². The van der Waals surface area contributed by atoms with Crippen LogP contribution in [0.15, 0.2) is 30.3 Å². The fraction of sp³-hybridized carbons (Fsp3) is 0.667. The minimum Gasteiger partial charge on any atom is -0.391 e. The number of hydrogen-bond donors (Lipinski definition) is 1. The second kappa shape index (κ2) is 6.28. The number of likely N-dealkylation sites (tertiary alicyclic amines) is 1. The van der Waals surface area contributed by atoms with E-state index in [0.717, 1.165) is 25.2 Å². The van der Waals surface area contributed by atoms with E-state index in [4.69, 9.17) is 0 Å². The molecule has 3 rings (SSSR count). The Morgan fingerprint density at radius 2 is 1.90 bits per heavy atom. The van der Waals surface area contributed by atoms with Gasteiger partial charge in [-0.2, -0.15) is 0 Å². The third-order valence-electron chi connectivity index (χ3n) is 5.21. The number of piperidine rings is 1. The molecule has 2 aliphatic rings. The van der Waals surface area contributed by atoms with Crippen LogP contribution in [0.1, 0.15) is 50.5 Å². The summed E-state index contributed by atoms with van der Waals surface area (Å²) < 4.78 is 0. The highest BCUT2D eigenvalue weighted by Gasteiger charge is 2.35. The van der Waals surface area contributed by atoms with Crippen molar-refractivity contribution in [3.63, 3.8) is 0 Å². The van der Waals surface area contributed by atoms with E-state index >= 15 is 0 Å². The van der Waals surface area contributed by atoms with Crippen LogP contribution in [0.4, 0.5) is 0 Å². The minimum atomic E-state index is -0.125. The Bertz CT molecular complexity index is 419. The van der Waals surface area contributed by atoms with Crippen LogP contribution >= 0.6 is 0 Å². The predicted molar refractivity (Wildman–Crippen MR) is 82.8 cm³/mol. The fourth-order valence-electron chi connectivity index (χ4n) is 4.08. The molecule has 0 bridgehead atoms. The molecule has 0 aromatic heterocycles. The molecule has 1 aliphatic heterocycles. The number of nitrogens with zero attached hydrogens (tertiary/aromatic N) is 1. The summed E-state index contributed by atoms with van der Waals surface area (Å²) in [6.45, 7) is 4.69. The first-order valence-electron chi connectivity index (χ1n) is 8.21. The van der Waals surface area contributed by atoms with Gasteiger partial charge < -0.3 is 5.11 Å². The van der Waals surface area contributed by atoms with E-state index in [1.165, 1.54) is 31.5 Å². The van der Waals surface area contributed by atoms with Crippen LogP contribution in [0.25, 0.3) is 0 Å². The summed E-state index contributed by atoms with van der Waals surface area (Å²) in [7, 11) is 0. The summed E-state index contributed by atoms with van der Waals surface area (Å²) in [6, 6.07) is 11.2. The molecule has 2 fully saturated rings. The molecule has 4 unspecified atom stereocenters. The highest BCUT2D eigenvalue weighted by Crippen LogP contribution is 2.36. The lowest BCUT2D eigenvalue weighted by Crippen LogP contribution is -2.50. The Kier molecular flexibility index (Phi) is 4.42. The number of hydrogen-bond acceptors (Lipinski definition) is 2. The van der Waals surface area contributed by atoms with E-state index < -0.39 is 0 Å². The van der Waals surface area contributed by atoms with Crippen molar-refractivity contribution < 1.29 is 5.11 Å². The van der Waals surface area contributed by atoms with Crippen molar-refractivity contribution in [3.05, 3.63) is 35.9 Å². The van der Waals surface area contributed by atoms with Crippen LogP contribution in [0.3, 0.4) is 0 Å². The quantitative estimate of drug-likeness (QED) is 0.892. The van der Waals surface area contributed by atoms with Gasteiger partial charge in [-0.1, -0.05) is 37.3 Å². The van der Waals surface area contributed by atoms with Gasteiger partial charge in [-0.05, 0) is 56.0 Å². The molecular weight excluding hydrogens is 246 g/mol. The average molecular weight is 273 g/mol. The summed E-state index contributed by atoms with van der Waals surface area (Å²) in [6.07, 6.45) is 5.72. The zero-order chi connectivity index (χ0) is 13.9. The monoisotopic (exact) mass is 273 g/mol. The molecule has 1 aromatic rings. The van der Waals surface area contributed by atoms with E-state index in [0.29, 0.717) is 12.0 Å². The highest BCUT2D eigenvalue weighted by atomic mass is 16.3. The third kappa shape index (κ3) is 3.07. The lowest BCUT2D eigenvalue weighted by atomic mass is 9.78. The SMILES string of the molecule is CC1CCCN(C2CC(c3ccccc3)CCC2O)C1. The van der Waals surface area contributed by atoms with Crippen molar-refractivity contribution in [1.29, 1.82) is 0 Å². The van der Waals surface area contributed by atoms with Gasteiger partial charge in [-0.25, -0.2) is 0 Å². The van der Waals surface area contributed by atoms with Gasteiger partial charge in [-0.3, -0.25) is 4.90 Å². The number of aliphatic hydroxyl groups excluding tert-OH is 1. The van der Waals surface area contributed by atoms with Gasteiger partial charge in [-0.15, -0.1) is 0 Å². The van der Waals surface area contributed by atoms with Gasteiger partial charge in [0.25, 0.3) is 0 Å². The topological polar surface area (TPSA) is 23.5 Å². The molecule has 0 amide bonds. The zero-order valence-electron chi connectivity index (χ0n) is 12.5. The standard InChI is InChI=1S/C18H27NO/c1-14-6-5-11-19(13-14)17-12-16(9-10-18(17)20)15-7-3-2-4-8-15/h2-4,7-8,14,16-18,20H,5-6,9-13H2,1H3.